The number of anilines is 1. The number of allylic oxidation sites excluding steroid dienone is 8. The Hall–Kier alpha value is -4.44. The third-order valence-electron chi connectivity index (χ3n) is 8.80. The van der Waals surface area contributed by atoms with Gasteiger partial charge in [-0.2, -0.15) is 18.4 Å². The lowest BCUT2D eigenvalue weighted by atomic mass is 9.84. The molecule has 1 aromatic carbocycles. The highest BCUT2D eigenvalue weighted by Gasteiger charge is 2.38. The van der Waals surface area contributed by atoms with Gasteiger partial charge in [-0.25, -0.2) is 0 Å². The van der Waals surface area contributed by atoms with E-state index in [9.17, 15) is 18.4 Å². The second-order valence-electron chi connectivity index (χ2n) is 12.0. The third kappa shape index (κ3) is 6.26. The van der Waals surface area contributed by atoms with E-state index in [1.54, 1.807) is 42.8 Å². The Morgan fingerprint density at radius 3 is 2.36 bits per heavy atom. The summed E-state index contributed by atoms with van der Waals surface area (Å²) >= 11 is 0. The number of pyridine rings is 2. The third-order valence-corrected chi connectivity index (χ3v) is 8.80. The highest BCUT2D eigenvalue weighted by atomic mass is 19.4. The van der Waals surface area contributed by atoms with Gasteiger partial charge in [-0.1, -0.05) is 18.2 Å². The molecule has 6 rings (SSSR count). The number of benzene rings is 1. The van der Waals surface area contributed by atoms with Gasteiger partial charge < -0.3 is 4.90 Å². The Kier molecular flexibility index (Phi) is 8.27. The lowest BCUT2D eigenvalue weighted by Gasteiger charge is -2.38. The Morgan fingerprint density at radius 1 is 0.955 bits per heavy atom. The average Bonchev–Trinajstić information content (AvgIpc) is 3.86. The van der Waals surface area contributed by atoms with Crippen molar-refractivity contribution in [3.63, 3.8) is 0 Å². The molecule has 0 spiro atoms. The molecule has 1 fully saturated rings. The van der Waals surface area contributed by atoms with Crippen molar-refractivity contribution in [2.75, 3.05) is 18.0 Å². The molecule has 4 nitrogen and oxygen atoms in total. The molecule has 44 heavy (non-hydrogen) atoms. The monoisotopic (exact) mass is 592 g/mol. The lowest BCUT2D eigenvalue weighted by molar-refractivity contribution is -0.0690. The van der Waals surface area contributed by atoms with Crippen LogP contribution in [0.1, 0.15) is 59.1 Å². The van der Waals surface area contributed by atoms with Crippen molar-refractivity contribution in [2.24, 2.45) is 5.92 Å². The summed E-state index contributed by atoms with van der Waals surface area (Å²) in [6, 6.07) is 11.5. The van der Waals surface area contributed by atoms with Crippen LogP contribution in [-0.2, 0) is 12.8 Å². The highest BCUT2D eigenvalue weighted by molar-refractivity contribution is 5.81. The van der Waals surface area contributed by atoms with Crippen molar-refractivity contribution in [1.29, 1.82) is 5.26 Å². The Morgan fingerprint density at radius 2 is 1.66 bits per heavy atom. The Labute approximate surface area is 257 Å². The van der Waals surface area contributed by atoms with Gasteiger partial charge in [0.15, 0.2) is 0 Å². The molecule has 2 aliphatic heterocycles. The summed E-state index contributed by atoms with van der Waals surface area (Å²) < 4.78 is 44.1. The van der Waals surface area contributed by atoms with Crippen LogP contribution < -0.4 is 4.90 Å². The number of hydrogen-bond acceptors (Lipinski definition) is 4. The second-order valence-corrected chi connectivity index (χ2v) is 12.0. The first-order chi connectivity index (χ1) is 21.2. The second kappa shape index (κ2) is 12.3. The summed E-state index contributed by atoms with van der Waals surface area (Å²) in [5, 5.41) is 9.86. The molecule has 0 amide bonds. The fourth-order valence-electron chi connectivity index (χ4n) is 6.43. The summed E-state index contributed by atoms with van der Waals surface area (Å²) in [5.74, 6) is 0.104. The molecule has 4 heterocycles. The molecule has 224 valence electrons. The van der Waals surface area contributed by atoms with Gasteiger partial charge in [0, 0.05) is 31.2 Å². The Bertz CT molecular complexity index is 1750. The molecular weight excluding hydrogens is 557 g/mol. The number of halogens is 3. The molecule has 7 heteroatoms. The number of rotatable bonds is 7. The molecule has 0 atom stereocenters. The van der Waals surface area contributed by atoms with Gasteiger partial charge in [0.25, 0.3) is 0 Å². The van der Waals surface area contributed by atoms with Crippen LogP contribution in [-0.4, -0.2) is 29.2 Å². The van der Waals surface area contributed by atoms with Gasteiger partial charge in [0.1, 0.15) is 0 Å². The molecule has 0 bridgehead atoms. The van der Waals surface area contributed by atoms with E-state index >= 15 is 0 Å². The number of alkyl halides is 3. The minimum atomic E-state index is -4.48. The molecule has 3 aliphatic rings. The molecular formula is C37H35F3N4. The maximum atomic E-state index is 14.7. The van der Waals surface area contributed by atoms with E-state index < -0.39 is 11.7 Å². The van der Waals surface area contributed by atoms with Crippen molar-refractivity contribution < 1.29 is 13.2 Å². The van der Waals surface area contributed by atoms with Gasteiger partial charge >= 0.3 is 6.18 Å². The Balaban J connectivity index is 1.32. The molecule has 2 aromatic heterocycles. The van der Waals surface area contributed by atoms with E-state index in [2.05, 4.69) is 20.9 Å². The molecule has 0 saturated heterocycles. The van der Waals surface area contributed by atoms with Crippen molar-refractivity contribution >= 4 is 16.8 Å². The van der Waals surface area contributed by atoms with Gasteiger partial charge in [0.2, 0.25) is 0 Å². The maximum Gasteiger partial charge on any atom is 0.417 e. The number of hydrogen-bond donors (Lipinski definition) is 0. The molecule has 3 aromatic rings. The summed E-state index contributed by atoms with van der Waals surface area (Å²) in [6.07, 6.45) is 12.5. The van der Waals surface area contributed by atoms with Gasteiger partial charge in [0.05, 0.1) is 28.6 Å². The fourth-order valence-corrected chi connectivity index (χ4v) is 6.43. The smallest absolute Gasteiger partial charge is 0.371 e. The van der Waals surface area contributed by atoms with Crippen LogP contribution in [0.4, 0.5) is 18.9 Å². The van der Waals surface area contributed by atoms with E-state index in [-0.39, 0.29) is 5.92 Å². The normalized spacial score (nSPS) is 17.5. The first-order valence-corrected chi connectivity index (χ1v) is 15.3. The zero-order chi connectivity index (χ0) is 30.8. The van der Waals surface area contributed by atoms with Crippen LogP contribution in [0.3, 0.4) is 0 Å². The van der Waals surface area contributed by atoms with E-state index in [4.69, 9.17) is 0 Å². The number of aryl methyl sites for hydroxylation is 2. The molecule has 1 saturated carbocycles. The van der Waals surface area contributed by atoms with Crippen LogP contribution in [0.25, 0.3) is 22.5 Å². The number of nitriles is 1. The topological polar surface area (TPSA) is 52.8 Å². The highest BCUT2D eigenvalue weighted by Crippen LogP contribution is 2.46. The van der Waals surface area contributed by atoms with Crippen LogP contribution in [0.2, 0.25) is 0 Å². The largest absolute Gasteiger partial charge is 0.417 e. The minimum Gasteiger partial charge on any atom is -0.371 e. The number of aromatic nitrogens is 2. The van der Waals surface area contributed by atoms with Crippen molar-refractivity contribution in [3.05, 3.63) is 112 Å². The summed E-state index contributed by atoms with van der Waals surface area (Å²) in [4.78, 5) is 11.2. The van der Waals surface area contributed by atoms with Crippen molar-refractivity contribution in [1.82, 2.24) is 9.97 Å². The lowest BCUT2D eigenvalue weighted by Crippen LogP contribution is -2.35. The molecule has 0 unspecified atom stereocenters. The quantitative estimate of drug-likeness (QED) is 0.203. The maximum absolute atomic E-state index is 14.7. The predicted octanol–water partition coefficient (Wildman–Crippen LogP) is 8.90. The van der Waals surface area contributed by atoms with Crippen LogP contribution in [0.15, 0.2) is 78.7 Å². The van der Waals surface area contributed by atoms with Gasteiger partial charge in [-0.3, -0.25) is 9.97 Å². The molecule has 0 radical (unpaired) electrons. The zero-order valence-corrected chi connectivity index (χ0v) is 25.1. The first kappa shape index (κ1) is 29.6. The fraction of sp³-hybridized carbons (Fsp3) is 0.324. The SMILES string of the molecule is Cc1ccnc(-c2cc(/C(C#N)=C/C=C/C=C(/C=C(\c3cc4c5c(c3C)CCCN5CCC4)C(F)(F)F)C3CC3)ccn2)c1. The summed E-state index contributed by atoms with van der Waals surface area (Å²) in [5.41, 5.74) is 8.06. The average molecular weight is 593 g/mol. The molecule has 1 aliphatic carbocycles. The minimum absolute atomic E-state index is 0.104. The van der Waals surface area contributed by atoms with E-state index in [1.165, 1.54) is 11.8 Å². The van der Waals surface area contributed by atoms with E-state index in [0.29, 0.717) is 28.0 Å². The van der Waals surface area contributed by atoms with Crippen molar-refractivity contribution in [2.45, 2.75) is 58.5 Å². The van der Waals surface area contributed by atoms with Crippen LogP contribution >= 0.6 is 0 Å². The summed E-state index contributed by atoms with van der Waals surface area (Å²) in [6.45, 7) is 5.80. The van der Waals surface area contributed by atoms with E-state index in [0.717, 1.165) is 79.6 Å². The number of nitrogens with zero attached hydrogens (tertiary/aromatic N) is 4. The molecule has 0 N–H and O–H groups in total. The first-order valence-electron chi connectivity index (χ1n) is 15.3. The standard InChI is InChI=1S/C37H35F3N4/c1-24-13-15-42-34(19-24)35-22-28(14-16-43-35)30(23-41)8-4-3-7-27(26-11-12-26)21-33(37(38,39)40)32-20-29-9-5-17-44-18-6-10-31(25(32)2)36(29)44/h3-4,7-8,13-16,19-22,26H,5-6,9-12,17-18H2,1-2H3/b4-3+,27-7-,30-8+,33-21+. The summed E-state index contributed by atoms with van der Waals surface area (Å²) in [7, 11) is 0. The van der Waals surface area contributed by atoms with Gasteiger partial charge in [-0.15, -0.1) is 0 Å². The predicted molar refractivity (Wildman–Crippen MR) is 170 cm³/mol. The zero-order valence-electron chi connectivity index (χ0n) is 25.1. The van der Waals surface area contributed by atoms with Crippen LogP contribution in [0.5, 0.6) is 0 Å². The van der Waals surface area contributed by atoms with Gasteiger partial charge in [-0.05, 0) is 140 Å². The van der Waals surface area contributed by atoms with Crippen LogP contribution in [0, 0.1) is 31.1 Å². The van der Waals surface area contributed by atoms with E-state index in [1.807, 2.05) is 38.1 Å². The van der Waals surface area contributed by atoms with Crippen molar-refractivity contribution in [3.8, 4) is 17.5 Å².